The molecule has 18 heavy (non-hydrogen) atoms. The van der Waals surface area contributed by atoms with Crippen LogP contribution in [0.15, 0.2) is 24.3 Å². The Hall–Kier alpha value is -0.890. The molecule has 0 aliphatic carbocycles. The average molecular weight is 251 g/mol. The molecular weight excluding hydrogens is 225 g/mol. The van der Waals surface area contributed by atoms with Gasteiger partial charge in [-0.05, 0) is 37.6 Å². The maximum absolute atomic E-state index is 13.1. The zero-order chi connectivity index (χ0) is 13.2. The van der Waals surface area contributed by atoms with Crippen molar-refractivity contribution in [2.24, 2.45) is 0 Å². The van der Waals surface area contributed by atoms with Crippen LogP contribution in [0.4, 0.5) is 4.39 Å². The summed E-state index contributed by atoms with van der Waals surface area (Å²) in [4.78, 5) is 0. The molecular formula is C16H26FN. The van der Waals surface area contributed by atoms with Crippen LogP contribution in [0.1, 0.15) is 51.0 Å². The van der Waals surface area contributed by atoms with Gasteiger partial charge in [0, 0.05) is 6.04 Å². The molecule has 0 amide bonds. The van der Waals surface area contributed by atoms with Gasteiger partial charge in [0.2, 0.25) is 0 Å². The van der Waals surface area contributed by atoms with Gasteiger partial charge in [0.05, 0.1) is 0 Å². The molecule has 0 saturated carbocycles. The van der Waals surface area contributed by atoms with Gasteiger partial charge in [-0.15, -0.1) is 0 Å². The Kier molecular flexibility index (Phi) is 7.66. The van der Waals surface area contributed by atoms with Gasteiger partial charge in [0.1, 0.15) is 5.82 Å². The maximum Gasteiger partial charge on any atom is 0.123 e. The molecule has 1 rings (SSSR count). The molecule has 1 atom stereocenters. The van der Waals surface area contributed by atoms with Crippen LogP contribution in [0, 0.1) is 5.82 Å². The van der Waals surface area contributed by atoms with Gasteiger partial charge in [-0.1, -0.05) is 51.2 Å². The lowest BCUT2D eigenvalue weighted by atomic mass is 10.00. The lowest BCUT2D eigenvalue weighted by Crippen LogP contribution is -2.27. The van der Waals surface area contributed by atoms with Crippen molar-refractivity contribution in [2.75, 3.05) is 7.05 Å². The number of halogens is 1. The molecule has 0 saturated heterocycles. The molecule has 1 nitrogen and oxygen atoms in total. The maximum atomic E-state index is 13.1. The molecule has 0 aromatic heterocycles. The van der Waals surface area contributed by atoms with Crippen LogP contribution in [0.5, 0.6) is 0 Å². The standard InChI is InChI=1S/C16H26FN/c1-3-4-5-6-7-11-16(18-2)13-14-9-8-10-15(17)12-14/h8-10,12,16,18H,3-7,11,13H2,1-2H3. The van der Waals surface area contributed by atoms with Crippen molar-refractivity contribution in [2.45, 2.75) is 57.9 Å². The highest BCUT2D eigenvalue weighted by Gasteiger charge is 2.07. The first kappa shape index (κ1) is 15.2. The predicted molar refractivity (Wildman–Crippen MR) is 76.3 cm³/mol. The SMILES string of the molecule is CCCCCCCC(Cc1cccc(F)c1)NC. The van der Waals surface area contributed by atoms with E-state index in [2.05, 4.69) is 12.2 Å². The molecule has 0 spiro atoms. The van der Waals surface area contributed by atoms with Crippen LogP contribution in [0.2, 0.25) is 0 Å². The number of hydrogen-bond donors (Lipinski definition) is 1. The smallest absolute Gasteiger partial charge is 0.123 e. The van der Waals surface area contributed by atoms with Crippen LogP contribution >= 0.6 is 0 Å². The van der Waals surface area contributed by atoms with Crippen molar-refractivity contribution >= 4 is 0 Å². The van der Waals surface area contributed by atoms with Gasteiger partial charge in [0.15, 0.2) is 0 Å². The van der Waals surface area contributed by atoms with E-state index in [0.717, 1.165) is 12.0 Å². The van der Waals surface area contributed by atoms with E-state index < -0.39 is 0 Å². The third kappa shape index (κ3) is 6.15. The molecule has 1 unspecified atom stereocenters. The first-order chi connectivity index (χ1) is 8.76. The zero-order valence-electron chi connectivity index (χ0n) is 11.7. The summed E-state index contributed by atoms with van der Waals surface area (Å²) >= 11 is 0. The Morgan fingerprint density at radius 1 is 1.17 bits per heavy atom. The molecule has 1 aromatic rings. The molecule has 0 fully saturated rings. The predicted octanol–water partition coefficient (Wildman–Crippen LogP) is 4.32. The summed E-state index contributed by atoms with van der Waals surface area (Å²) in [6, 6.07) is 7.40. The minimum Gasteiger partial charge on any atom is -0.317 e. The summed E-state index contributed by atoms with van der Waals surface area (Å²) in [6.07, 6.45) is 8.65. The highest BCUT2D eigenvalue weighted by Crippen LogP contribution is 2.12. The molecule has 102 valence electrons. The summed E-state index contributed by atoms with van der Waals surface area (Å²) in [7, 11) is 2.00. The third-order valence-electron chi connectivity index (χ3n) is 3.44. The first-order valence-corrected chi connectivity index (χ1v) is 7.18. The van der Waals surface area contributed by atoms with Crippen LogP contribution in [0.3, 0.4) is 0 Å². The lowest BCUT2D eigenvalue weighted by Gasteiger charge is -2.16. The van der Waals surface area contributed by atoms with Crippen LogP contribution < -0.4 is 5.32 Å². The van der Waals surface area contributed by atoms with Crippen LogP contribution in [-0.2, 0) is 6.42 Å². The molecule has 0 aliphatic heterocycles. The minimum absolute atomic E-state index is 0.134. The van der Waals surface area contributed by atoms with Crippen molar-refractivity contribution in [3.63, 3.8) is 0 Å². The molecule has 0 radical (unpaired) electrons. The fourth-order valence-electron chi connectivity index (χ4n) is 2.29. The zero-order valence-corrected chi connectivity index (χ0v) is 11.7. The van der Waals surface area contributed by atoms with Crippen LogP contribution in [0.25, 0.3) is 0 Å². The number of rotatable bonds is 9. The number of nitrogens with one attached hydrogen (secondary N) is 1. The third-order valence-corrected chi connectivity index (χ3v) is 3.44. The van der Waals surface area contributed by atoms with E-state index in [4.69, 9.17) is 0 Å². The van der Waals surface area contributed by atoms with Gasteiger partial charge in [0.25, 0.3) is 0 Å². The van der Waals surface area contributed by atoms with Gasteiger partial charge >= 0.3 is 0 Å². The van der Waals surface area contributed by atoms with Gasteiger partial charge < -0.3 is 5.32 Å². The highest BCUT2D eigenvalue weighted by atomic mass is 19.1. The average Bonchev–Trinajstić information content (AvgIpc) is 2.37. The molecule has 2 heteroatoms. The largest absolute Gasteiger partial charge is 0.317 e. The van der Waals surface area contributed by atoms with Crippen LogP contribution in [-0.4, -0.2) is 13.1 Å². The first-order valence-electron chi connectivity index (χ1n) is 7.18. The van der Waals surface area contributed by atoms with E-state index in [0.29, 0.717) is 6.04 Å². The topological polar surface area (TPSA) is 12.0 Å². The van der Waals surface area contributed by atoms with E-state index >= 15 is 0 Å². The van der Waals surface area contributed by atoms with E-state index in [1.165, 1.54) is 44.6 Å². The van der Waals surface area contributed by atoms with E-state index in [1.807, 2.05) is 13.1 Å². The van der Waals surface area contributed by atoms with Crippen molar-refractivity contribution < 1.29 is 4.39 Å². The summed E-state index contributed by atoms with van der Waals surface area (Å²) in [5.41, 5.74) is 1.09. The highest BCUT2D eigenvalue weighted by molar-refractivity contribution is 5.17. The Morgan fingerprint density at radius 3 is 2.61 bits per heavy atom. The Bertz CT molecular complexity index is 325. The summed E-state index contributed by atoms with van der Waals surface area (Å²) < 4.78 is 13.1. The number of unbranched alkanes of at least 4 members (excludes halogenated alkanes) is 4. The monoisotopic (exact) mass is 251 g/mol. The van der Waals surface area contributed by atoms with Gasteiger partial charge in [-0.3, -0.25) is 0 Å². The van der Waals surface area contributed by atoms with E-state index in [9.17, 15) is 4.39 Å². The quantitative estimate of drug-likeness (QED) is 0.645. The number of benzene rings is 1. The summed E-state index contributed by atoms with van der Waals surface area (Å²) in [6.45, 7) is 2.24. The normalized spacial score (nSPS) is 12.6. The number of likely N-dealkylation sites (N-methyl/N-ethyl adjacent to an activating group) is 1. The molecule has 1 N–H and O–H groups in total. The van der Waals surface area contributed by atoms with Crippen molar-refractivity contribution in [3.8, 4) is 0 Å². The Morgan fingerprint density at radius 2 is 1.94 bits per heavy atom. The second-order valence-corrected chi connectivity index (χ2v) is 5.02. The van der Waals surface area contributed by atoms with Crippen molar-refractivity contribution in [3.05, 3.63) is 35.6 Å². The van der Waals surface area contributed by atoms with E-state index in [-0.39, 0.29) is 5.82 Å². The minimum atomic E-state index is -0.134. The fourth-order valence-corrected chi connectivity index (χ4v) is 2.29. The van der Waals surface area contributed by atoms with Crippen molar-refractivity contribution in [1.82, 2.24) is 5.32 Å². The molecule has 0 heterocycles. The lowest BCUT2D eigenvalue weighted by molar-refractivity contribution is 0.481. The second kappa shape index (κ2) is 9.09. The summed E-state index contributed by atoms with van der Waals surface area (Å²) in [5.74, 6) is -0.134. The molecule has 0 bridgehead atoms. The Labute approximate surface area is 111 Å². The molecule has 1 aromatic carbocycles. The number of hydrogen-bond acceptors (Lipinski definition) is 1. The Balaban J connectivity index is 2.28. The summed E-state index contributed by atoms with van der Waals surface area (Å²) in [5, 5.41) is 3.34. The molecule has 0 aliphatic rings. The second-order valence-electron chi connectivity index (χ2n) is 5.02. The van der Waals surface area contributed by atoms with Gasteiger partial charge in [-0.25, -0.2) is 4.39 Å². The van der Waals surface area contributed by atoms with E-state index in [1.54, 1.807) is 12.1 Å². The fraction of sp³-hybridized carbons (Fsp3) is 0.625. The van der Waals surface area contributed by atoms with Gasteiger partial charge in [-0.2, -0.15) is 0 Å². The van der Waals surface area contributed by atoms with Crippen molar-refractivity contribution in [1.29, 1.82) is 0 Å².